The van der Waals surface area contributed by atoms with Gasteiger partial charge in [0.1, 0.15) is 11.8 Å². The molecule has 0 amide bonds. The first-order valence-electron chi connectivity index (χ1n) is 4.91. The molecule has 0 aromatic heterocycles. The van der Waals surface area contributed by atoms with Crippen molar-refractivity contribution in [2.75, 3.05) is 11.7 Å². The molecule has 10 heteroatoms. The van der Waals surface area contributed by atoms with E-state index in [0.717, 1.165) is 18.4 Å². The highest BCUT2D eigenvalue weighted by molar-refractivity contribution is 8.06. The van der Waals surface area contributed by atoms with Crippen molar-refractivity contribution < 1.29 is 26.3 Å². The van der Waals surface area contributed by atoms with Crippen molar-refractivity contribution >= 4 is 20.6 Å². The normalized spacial score (nSPS) is 12.7. The third-order valence-electron chi connectivity index (χ3n) is 1.82. The first-order valence-corrected chi connectivity index (χ1v) is 6.80. The zero-order chi connectivity index (χ0) is 15.4. The number of rotatable bonds is 3. The van der Waals surface area contributed by atoms with Gasteiger partial charge < -0.3 is 4.74 Å². The topological polar surface area (TPSA) is 91.5 Å². The summed E-state index contributed by atoms with van der Waals surface area (Å²) < 4.78 is 61.5. The van der Waals surface area contributed by atoms with Crippen molar-refractivity contribution in [2.24, 2.45) is 5.10 Å². The average Bonchev–Trinajstić information content (AvgIpc) is 2.28. The molecular formula is C10H8F3N3O3S. The van der Waals surface area contributed by atoms with E-state index in [9.17, 15) is 21.6 Å². The standard InChI is InChI=1S/C10H8F3N3O3S/c1-20(17,18)9(6-14)16-15-7-2-4-8(5-3-7)19-10(11,12)13/h2-5,15H,1H3/b16-9-. The lowest BCUT2D eigenvalue weighted by molar-refractivity contribution is -0.274. The largest absolute Gasteiger partial charge is 0.573 e. The Hall–Kier alpha value is -2.28. The molecule has 0 aliphatic heterocycles. The summed E-state index contributed by atoms with van der Waals surface area (Å²) >= 11 is 0. The van der Waals surface area contributed by atoms with Gasteiger partial charge in [-0.3, -0.25) is 5.43 Å². The van der Waals surface area contributed by atoms with Gasteiger partial charge in [-0.15, -0.1) is 13.2 Å². The fraction of sp³-hybridized carbons (Fsp3) is 0.200. The monoisotopic (exact) mass is 307 g/mol. The Kier molecular flexibility index (Phi) is 4.57. The van der Waals surface area contributed by atoms with E-state index in [4.69, 9.17) is 5.26 Å². The van der Waals surface area contributed by atoms with Gasteiger partial charge in [-0.05, 0) is 24.3 Å². The van der Waals surface area contributed by atoms with Crippen molar-refractivity contribution in [1.29, 1.82) is 5.26 Å². The molecule has 0 heterocycles. The molecule has 1 rings (SSSR count). The van der Waals surface area contributed by atoms with Gasteiger partial charge in [-0.1, -0.05) is 0 Å². The summed E-state index contributed by atoms with van der Waals surface area (Å²) in [6, 6.07) is 5.77. The number of nitriles is 1. The fourth-order valence-corrected chi connectivity index (χ4v) is 1.41. The molecule has 0 aliphatic rings. The van der Waals surface area contributed by atoms with Crippen LogP contribution >= 0.6 is 0 Å². The molecule has 20 heavy (non-hydrogen) atoms. The molecule has 108 valence electrons. The maximum atomic E-state index is 11.9. The second-order valence-electron chi connectivity index (χ2n) is 3.48. The summed E-state index contributed by atoms with van der Waals surface area (Å²) in [5, 5.41) is 11.2. The first kappa shape index (κ1) is 15.8. The minimum absolute atomic E-state index is 0.191. The van der Waals surface area contributed by atoms with Crippen LogP contribution in [0.15, 0.2) is 29.4 Å². The lowest BCUT2D eigenvalue weighted by Crippen LogP contribution is -2.17. The number of nitrogens with one attached hydrogen (secondary N) is 1. The van der Waals surface area contributed by atoms with Crippen molar-refractivity contribution in [3.8, 4) is 11.8 Å². The smallest absolute Gasteiger partial charge is 0.406 e. The van der Waals surface area contributed by atoms with Crippen LogP contribution in [0.1, 0.15) is 0 Å². The van der Waals surface area contributed by atoms with Crippen molar-refractivity contribution in [3.63, 3.8) is 0 Å². The number of hydrogen-bond donors (Lipinski definition) is 1. The van der Waals surface area contributed by atoms with Gasteiger partial charge in [-0.2, -0.15) is 10.4 Å². The van der Waals surface area contributed by atoms with Crippen molar-refractivity contribution in [3.05, 3.63) is 24.3 Å². The second kappa shape index (κ2) is 5.79. The Morgan fingerprint density at radius 1 is 1.35 bits per heavy atom. The van der Waals surface area contributed by atoms with Crippen LogP contribution in [0.3, 0.4) is 0 Å². The Labute approximate surface area is 112 Å². The molecule has 0 saturated carbocycles. The van der Waals surface area contributed by atoms with Gasteiger partial charge in [0, 0.05) is 6.26 Å². The highest BCUT2D eigenvalue weighted by atomic mass is 32.2. The van der Waals surface area contributed by atoms with Crippen LogP contribution in [-0.4, -0.2) is 26.1 Å². The van der Waals surface area contributed by atoms with E-state index in [1.165, 1.54) is 18.2 Å². The molecule has 0 unspecified atom stereocenters. The molecule has 1 aromatic carbocycles. The number of halogens is 3. The number of hydrogen-bond acceptors (Lipinski definition) is 6. The number of ether oxygens (including phenoxy) is 1. The molecule has 1 aromatic rings. The van der Waals surface area contributed by atoms with Crippen molar-refractivity contribution in [1.82, 2.24) is 0 Å². The highest BCUT2D eigenvalue weighted by Gasteiger charge is 2.30. The van der Waals surface area contributed by atoms with E-state index >= 15 is 0 Å². The quantitative estimate of drug-likeness (QED) is 0.523. The number of benzene rings is 1. The second-order valence-corrected chi connectivity index (χ2v) is 5.42. The number of alkyl halides is 3. The van der Waals surface area contributed by atoms with Crippen LogP contribution < -0.4 is 10.2 Å². The van der Waals surface area contributed by atoms with Crippen LogP contribution in [0.4, 0.5) is 18.9 Å². The van der Waals surface area contributed by atoms with Crippen LogP contribution in [0.5, 0.6) is 5.75 Å². The average molecular weight is 307 g/mol. The van der Waals surface area contributed by atoms with Crippen LogP contribution in [0, 0.1) is 11.3 Å². The Morgan fingerprint density at radius 2 is 1.90 bits per heavy atom. The molecule has 6 nitrogen and oxygen atoms in total. The SMILES string of the molecule is CS(=O)(=O)/C(C#N)=N\Nc1ccc(OC(F)(F)F)cc1. The van der Waals surface area contributed by atoms with Gasteiger partial charge in [0.15, 0.2) is 0 Å². The maximum Gasteiger partial charge on any atom is 0.573 e. The zero-order valence-electron chi connectivity index (χ0n) is 9.97. The lowest BCUT2D eigenvalue weighted by Gasteiger charge is -2.09. The van der Waals surface area contributed by atoms with Gasteiger partial charge in [0.2, 0.25) is 9.84 Å². The lowest BCUT2D eigenvalue weighted by atomic mass is 10.3. The molecule has 0 radical (unpaired) electrons. The highest BCUT2D eigenvalue weighted by Crippen LogP contribution is 2.23. The molecule has 0 atom stereocenters. The zero-order valence-corrected chi connectivity index (χ0v) is 10.8. The van der Waals surface area contributed by atoms with E-state index in [2.05, 4.69) is 15.3 Å². The van der Waals surface area contributed by atoms with Crippen LogP contribution in [-0.2, 0) is 9.84 Å². The van der Waals surface area contributed by atoms with E-state index in [-0.39, 0.29) is 5.69 Å². The van der Waals surface area contributed by atoms with E-state index < -0.39 is 27.0 Å². The Morgan fingerprint density at radius 3 is 2.30 bits per heavy atom. The van der Waals surface area contributed by atoms with Gasteiger partial charge in [0.25, 0.3) is 5.04 Å². The number of nitrogens with zero attached hydrogens (tertiary/aromatic N) is 2. The Balaban J connectivity index is 2.82. The summed E-state index contributed by atoms with van der Waals surface area (Å²) in [5.41, 5.74) is 2.43. The van der Waals surface area contributed by atoms with Gasteiger partial charge in [-0.25, -0.2) is 8.42 Å². The molecule has 1 N–H and O–H groups in total. The number of sulfone groups is 1. The fourth-order valence-electron chi connectivity index (χ4n) is 1.04. The summed E-state index contributed by atoms with van der Waals surface area (Å²) in [6.45, 7) is 0. The van der Waals surface area contributed by atoms with Crippen molar-refractivity contribution in [2.45, 2.75) is 6.36 Å². The summed E-state index contributed by atoms with van der Waals surface area (Å²) in [4.78, 5) is 0. The molecule has 0 fully saturated rings. The van der Waals surface area contributed by atoms with E-state index in [1.807, 2.05) is 0 Å². The number of anilines is 1. The molecule has 0 aliphatic carbocycles. The Bertz CT molecular complexity index is 645. The third-order valence-corrected chi connectivity index (χ3v) is 2.71. The predicted molar refractivity (Wildman–Crippen MR) is 64.6 cm³/mol. The minimum atomic E-state index is -4.79. The first-order chi connectivity index (χ1) is 9.12. The molecule has 0 saturated heterocycles. The molecular weight excluding hydrogens is 299 g/mol. The molecule has 0 spiro atoms. The predicted octanol–water partition coefficient (Wildman–Crippen LogP) is 1.88. The minimum Gasteiger partial charge on any atom is -0.406 e. The third kappa shape index (κ3) is 5.15. The van der Waals surface area contributed by atoms with Crippen LogP contribution in [0.2, 0.25) is 0 Å². The number of hydrazone groups is 1. The maximum absolute atomic E-state index is 11.9. The van der Waals surface area contributed by atoms with E-state index in [0.29, 0.717) is 0 Å². The summed E-state index contributed by atoms with van der Waals surface area (Å²) in [7, 11) is -3.76. The molecule has 0 bridgehead atoms. The van der Waals surface area contributed by atoms with Gasteiger partial charge >= 0.3 is 6.36 Å². The van der Waals surface area contributed by atoms with E-state index in [1.54, 1.807) is 0 Å². The van der Waals surface area contributed by atoms with Gasteiger partial charge in [0.05, 0.1) is 5.69 Å². The summed E-state index contributed by atoms with van der Waals surface area (Å²) in [5.74, 6) is -0.435. The van der Waals surface area contributed by atoms with Crippen LogP contribution in [0.25, 0.3) is 0 Å². The summed E-state index contributed by atoms with van der Waals surface area (Å²) in [6.07, 6.45) is -3.99.